The third kappa shape index (κ3) is 1.09. The molecule has 12 heavy (non-hydrogen) atoms. The molecule has 2 rings (SSSR count). The van der Waals surface area contributed by atoms with Gasteiger partial charge in [-0.1, -0.05) is 6.42 Å². The monoisotopic (exact) mass is 168 g/mol. The molecule has 70 valence electrons. The van der Waals surface area contributed by atoms with Crippen LogP contribution in [0.2, 0.25) is 0 Å². The van der Waals surface area contributed by atoms with Gasteiger partial charge in [0.2, 0.25) is 0 Å². The fourth-order valence-corrected chi connectivity index (χ4v) is 3.28. The Morgan fingerprint density at radius 2 is 2.17 bits per heavy atom. The van der Waals surface area contributed by atoms with Gasteiger partial charge in [0.25, 0.3) is 0 Å². The van der Waals surface area contributed by atoms with Gasteiger partial charge in [-0.15, -0.1) is 0 Å². The average molecular weight is 168 g/mol. The lowest BCUT2D eigenvalue weighted by Crippen LogP contribution is -2.50. The van der Waals surface area contributed by atoms with Crippen molar-refractivity contribution in [3.63, 3.8) is 0 Å². The van der Waals surface area contributed by atoms with Crippen molar-refractivity contribution in [3.05, 3.63) is 0 Å². The van der Waals surface area contributed by atoms with Gasteiger partial charge in [0.05, 0.1) is 0 Å². The SMILES string of the molecule is CN1CCCC2(CN)CCCC12. The number of nitrogens with two attached hydrogens (primary N) is 1. The standard InChI is InChI=1S/C10H20N2/c1-12-7-3-6-10(8-11)5-2-4-9(10)12/h9H,2-8,11H2,1H3. The number of likely N-dealkylation sites (tertiary alicyclic amines) is 1. The summed E-state index contributed by atoms with van der Waals surface area (Å²) in [6.07, 6.45) is 6.88. The molecule has 0 aromatic carbocycles. The predicted octanol–water partition coefficient (Wildman–Crippen LogP) is 1.21. The zero-order valence-corrected chi connectivity index (χ0v) is 8.05. The second-order valence-corrected chi connectivity index (χ2v) is 4.56. The molecule has 1 aliphatic heterocycles. The van der Waals surface area contributed by atoms with Crippen LogP contribution in [0, 0.1) is 5.41 Å². The van der Waals surface area contributed by atoms with E-state index in [1.165, 1.54) is 38.6 Å². The van der Waals surface area contributed by atoms with Gasteiger partial charge in [0.15, 0.2) is 0 Å². The molecular formula is C10H20N2. The molecule has 2 N–H and O–H groups in total. The lowest BCUT2D eigenvalue weighted by atomic mass is 9.75. The van der Waals surface area contributed by atoms with E-state index in [0.29, 0.717) is 5.41 Å². The molecule has 2 nitrogen and oxygen atoms in total. The highest BCUT2D eigenvalue weighted by Crippen LogP contribution is 2.46. The van der Waals surface area contributed by atoms with E-state index in [2.05, 4.69) is 11.9 Å². The van der Waals surface area contributed by atoms with Crippen molar-refractivity contribution in [1.82, 2.24) is 4.90 Å². The van der Waals surface area contributed by atoms with E-state index in [-0.39, 0.29) is 0 Å². The van der Waals surface area contributed by atoms with Crippen molar-refractivity contribution in [1.29, 1.82) is 0 Å². The number of fused-ring (bicyclic) bond motifs is 1. The fraction of sp³-hybridized carbons (Fsp3) is 1.00. The van der Waals surface area contributed by atoms with Crippen molar-refractivity contribution in [2.24, 2.45) is 11.1 Å². The van der Waals surface area contributed by atoms with Crippen LogP contribution in [0.4, 0.5) is 0 Å². The zero-order valence-electron chi connectivity index (χ0n) is 8.05. The Balaban J connectivity index is 2.17. The zero-order chi connectivity index (χ0) is 8.60. The van der Waals surface area contributed by atoms with E-state index in [1.807, 2.05) is 0 Å². The Labute approximate surface area is 75.1 Å². The number of nitrogens with zero attached hydrogens (tertiary/aromatic N) is 1. The summed E-state index contributed by atoms with van der Waals surface area (Å²) in [5, 5.41) is 0. The van der Waals surface area contributed by atoms with Gasteiger partial charge < -0.3 is 10.6 Å². The Morgan fingerprint density at radius 3 is 2.83 bits per heavy atom. The van der Waals surface area contributed by atoms with Crippen LogP contribution < -0.4 is 5.73 Å². The third-order valence-corrected chi connectivity index (χ3v) is 3.98. The molecule has 0 radical (unpaired) electrons. The Morgan fingerprint density at radius 1 is 1.42 bits per heavy atom. The lowest BCUT2D eigenvalue weighted by molar-refractivity contribution is 0.0629. The van der Waals surface area contributed by atoms with Crippen molar-refractivity contribution < 1.29 is 0 Å². The number of piperidine rings is 1. The third-order valence-electron chi connectivity index (χ3n) is 3.98. The van der Waals surface area contributed by atoms with Crippen LogP contribution in [-0.4, -0.2) is 31.1 Å². The number of hydrogen-bond acceptors (Lipinski definition) is 2. The molecule has 2 fully saturated rings. The molecule has 1 aliphatic carbocycles. The Kier molecular flexibility index (Phi) is 2.13. The molecule has 2 aliphatic rings. The first-order chi connectivity index (χ1) is 5.78. The topological polar surface area (TPSA) is 29.3 Å². The van der Waals surface area contributed by atoms with Gasteiger partial charge in [-0.05, 0) is 51.2 Å². The van der Waals surface area contributed by atoms with Crippen LogP contribution >= 0.6 is 0 Å². The molecule has 2 heteroatoms. The lowest BCUT2D eigenvalue weighted by Gasteiger charge is -2.44. The largest absolute Gasteiger partial charge is 0.330 e. The highest BCUT2D eigenvalue weighted by molar-refractivity contribution is 5.00. The van der Waals surface area contributed by atoms with Gasteiger partial charge in [-0.25, -0.2) is 0 Å². The maximum atomic E-state index is 5.91. The first kappa shape index (κ1) is 8.52. The smallest absolute Gasteiger partial charge is 0.0161 e. The summed E-state index contributed by atoms with van der Waals surface area (Å²) in [5.74, 6) is 0. The molecule has 1 saturated carbocycles. The van der Waals surface area contributed by atoms with Crippen LogP contribution in [0.25, 0.3) is 0 Å². The van der Waals surface area contributed by atoms with Crippen molar-refractivity contribution >= 4 is 0 Å². The van der Waals surface area contributed by atoms with E-state index in [9.17, 15) is 0 Å². The highest BCUT2D eigenvalue weighted by Gasteiger charge is 2.45. The number of hydrogen-bond donors (Lipinski definition) is 1. The fourth-order valence-electron chi connectivity index (χ4n) is 3.28. The quantitative estimate of drug-likeness (QED) is 0.637. The second kappa shape index (κ2) is 3.00. The van der Waals surface area contributed by atoms with E-state index >= 15 is 0 Å². The highest BCUT2D eigenvalue weighted by atomic mass is 15.2. The van der Waals surface area contributed by atoms with Gasteiger partial charge in [0, 0.05) is 6.04 Å². The van der Waals surface area contributed by atoms with E-state index in [4.69, 9.17) is 5.73 Å². The van der Waals surface area contributed by atoms with Crippen LogP contribution in [0.5, 0.6) is 0 Å². The molecule has 1 heterocycles. The molecule has 1 saturated heterocycles. The summed E-state index contributed by atoms with van der Waals surface area (Å²) in [6, 6.07) is 0.802. The second-order valence-electron chi connectivity index (χ2n) is 4.56. The first-order valence-corrected chi connectivity index (χ1v) is 5.19. The minimum absolute atomic E-state index is 0.507. The first-order valence-electron chi connectivity index (χ1n) is 5.19. The van der Waals surface area contributed by atoms with Crippen molar-refractivity contribution in [2.45, 2.75) is 38.1 Å². The molecule has 2 unspecified atom stereocenters. The van der Waals surface area contributed by atoms with Crippen molar-refractivity contribution in [2.75, 3.05) is 20.1 Å². The predicted molar refractivity (Wildman–Crippen MR) is 51.0 cm³/mol. The van der Waals surface area contributed by atoms with E-state index in [1.54, 1.807) is 0 Å². The summed E-state index contributed by atoms with van der Waals surface area (Å²) >= 11 is 0. The van der Waals surface area contributed by atoms with Crippen LogP contribution in [0.3, 0.4) is 0 Å². The minimum Gasteiger partial charge on any atom is -0.330 e. The van der Waals surface area contributed by atoms with E-state index in [0.717, 1.165) is 12.6 Å². The summed E-state index contributed by atoms with van der Waals surface area (Å²) in [4.78, 5) is 2.53. The minimum atomic E-state index is 0.507. The van der Waals surface area contributed by atoms with Crippen LogP contribution in [0.15, 0.2) is 0 Å². The Bertz CT molecular complexity index is 169. The van der Waals surface area contributed by atoms with Gasteiger partial charge in [-0.3, -0.25) is 0 Å². The van der Waals surface area contributed by atoms with Crippen LogP contribution in [0.1, 0.15) is 32.1 Å². The molecule has 0 spiro atoms. The molecule has 2 atom stereocenters. The van der Waals surface area contributed by atoms with Crippen LogP contribution in [-0.2, 0) is 0 Å². The summed E-state index contributed by atoms with van der Waals surface area (Å²) < 4.78 is 0. The molecule has 0 aromatic rings. The summed E-state index contributed by atoms with van der Waals surface area (Å²) in [6.45, 7) is 2.19. The maximum Gasteiger partial charge on any atom is 0.0161 e. The van der Waals surface area contributed by atoms with E-state index < -0.39 is 0 Å². The van der Waals surface area contributed by atoms with Gasteiger partial charge in [-0.2, -0.15) is 0 Å². The number of rotatable bonds is 1. The summed E-state index contributed by atoms with van der Waals surface area (Å²) in [7, 11) is 2.26. The summed E-state index contributed by atoms with van der Waals surface area (Å²) in [5.41, 5.74) is 6.42. The average Bonchev–Trinajstić information content (AvgIpc) is 2.50. The Hall–Kier alpha value is -0.0800. The van der Waals surface area contributed by atoms with Gasteiger partial charge >= 0.3 is 0 Å². The van der Waals surface area contributed by atoms with Crippen molar-refractivity contribution in [3.8, 4) is 0 Å². The van der Waals surface area contributed by atoms with Gasteiger partial charge in [0.1, 0.15) is 0 Å². The molecule has 0 aromatic heterocycles. The maximum absolute atomic E-state index is 5.91. The normalized spacial score (nSPS) is 43.0. The molecule has 0 amide bonds. The molecule has 0 bridgehead atoms. The molecular weight excluding hydrogens is 148 g/mol.